The topological polar surface area (TPSA) is 3.24 Å². The quantitative estimate of drug-likeness (QED) is 0.272. The molecule has 2 aromatic carbocycles. The van der Waals surface area contributed by atoms with Gasteiger partial charge in [-0.15, -0.1) is 0 Å². The number of rotatable bonds is 9. The van der Waals surface area contributed by atoms with Gasteiger partial charge >= 0.3 is 0 Å². The van der Waals surface area contributed by atoms with E-state index in [0.717, 1.165) is 13.1 Å². The molecule has 0 aromatic heterocycles. The molecule has 0 bridgehead atoms. The minimum atomic E-state index is -1.51. The summed E-state index contributed by atoms with van der Waals surface area (Å²) in [5.74, 6) is 0. The highest BCUT2D eigenvalue weighted by Gasteiger charge is 2.74. The Hall–Kier alpha value is -0.516. The Morgan fingerprint density at radius 2 is 0.806 bits per heavy atom. The van der Waals surface area contributed by atoms with Crippen molar-refractivity contribution < 1.29 is 0 Å². The first-order valence-corrected chi connectivity index (χ1v) is 29.5. The molecule has 0 spiro atoms. The monoisotopic (exact) mass is 568 g/mol. The van der Waals surface area contributed by atoms with Gasteiger partial charge in [0.1, 0.15) is 8.96 Å². The van der Waals surface area contributed by atoms with E-state index in [-0.39, 0.29) is 0 Å². The second-order valence-corrected chi connectivity index (χ2v) is 42.9. The lowest BCUT2D eigenvalue weighted by atomic mass is 10.2. The van der Waals surface area contributed by atoms with E-state index in [1.54, 1.807) is 0 Å². The fourth-order valence-electron chi connectivity index (χ4n) is 8.51. The van der Waals surface area contributed by atoms with Crippen LogP contribution >= 0.6 is 0 Å². The fourth-order valence-corrected chi connectivity index (χ4v) is 50.5. The van der Waals surface area contributed by atoms with Crippen molar-refractivity contribution in [2.24, 2.45) is 0 Å². The molecule has 0 atom stereocenters. The molecular weight excluding hydrogens is 515 g/mol. The van der Waals surface area contributed by atoms with Crippen molar-refractivity contribution in [1.82, 2.24) is 4.57 Å². The molecule has 1 radical (unpaired) electrons. The molecule has 0 N–H and O–H groups in total. The lowest BCUT2D eigenvalue weighted by Crippen LogP contribution is -2.73. The average molecular weight is 569 g/mol. The van der Waals surface area contributed by atoms with Crippen LogP contribution in [0.4, 0.5) is 0 Å². The van der Waals surface area contributed by atoms with Crippen LogP contribution in [0.15, 0.2) is 60.7 Å². The van der Waals surface area contributed by atoms with Crippen LogP contribution in [0.3, 0.4) is 0 Å². The number of benzene rings is 2. The maximum Gasteiger partial charge on any atom is 0.138 e. The van der Waals surface area contributed by atoms with Crippen LogP contribution in [-0.2, 0) is 13.1 Å². The molecule has 3 rings (SSSR count). The van der Waals surface area contributed by atoms with Gasteiger partial charge in [0.25, 0.3) is 0 Å². The Balaban J connectivity index is 2.38. The molecule has 0 saturated carbocycles. The smallest absolute Gasteiger partial charge is 0.138 e. The predicted molar refractivity (Wildman–Crippen MR) is 176 cm³/mol. The second-order valence-electron chi connectivity index (χ2n) is 15.5. The summed E-state index contributed by atoms with van der Waals surface area (Å²) in [5.41, 5.74) is 3.00. The van der Waals surface area contributed by atoms with Crippen molar-refractivity contribution in [3.63, 3.8) is 0 Å². The third kappa shape index (κ3) is 5.19. The summed E-state index contributed by atoms with van der Waals surface area (Å²) in [6.07, 6.45) is 3.00. The normalized spacial score (nSPS) is 19.1. The molecule has 1 heterocycles. The summed E-state index contributed by atoms with van der Waals surface area (Å²) in [7, 11) is -6.92. The van der Waals surface area contributed by atoms with Gasteiger partial charge in [-0.25, -0.2) is 0 Å². The van der Waals surface area contributed by atoms with Crippen molar-refractivity contribution in [2.45, 2.75) is 113 Å². The molecule has 1 saturated heterocycles. The van der Waals surface area contributed by atoms with E-state index in [9.17, 15) is 0 Å². The van der Waals surface area contributed by atoms with E-state index in [2.05, 4.69) is 144 Å². The second kappa shape index (κ2) is 10.2. The van der Waals surface area contributed by atoms with E-state index in [1.807, 2.05) is 0 Å². The molecule has 6 heteroatoms. The zero-order chi connectivity index (χ0) is 27.2. The van der Waals surface area contributed by atoms with E-state index in [0.29, 0.717) is 8.57 Å². The summed E-state index contributed by atoms with van der Waals surface area (Å²) in [6, 6.07) is 22.9. The van der Waals surface area contributed by atoms with Gasteiger partial charge in [0, 0.05) is 45.4 Å². The summed E-state index contributed by atoms with van der Waals surface area (Å²) in [6.45, 7) is 35.3. The Morgan fingerprint density at radius 3 is 1.06 bits per heavy atom. The number of hydrogen-bond donors (Lipinski definition) is 0. The Morgan fingerprint density at radius 1 is 0.528 bits per heavy atom. The third-order valence-electron chi connectivity index (χ3n) is 9.55. The SMILES string of the molecule is C[Si](C)(C)C1([Si](C)(C)C)CCC([Si](C)(C)C)([Si](C)(C)C)[Si]1N(Cc1ccccc1)Cc1ccccc1. The van der Waals surface area contributed by atoms with Crippen molar-refractivity contribution in [1.29, 1.82) is 0 Å². The van der Waals surface area contributed by atoms with Crippen molar-refractivity contribution >= 4 is 41.3 Å². The highest BCUT2D eigenvalue weighted by molar-refractivity contribution is 7.20. The minimum Gasteiger partial charge on any atom is -0.316 e. The molecule has 36 heavy (non-hydrogen) atoms. The zero-order valence-electron chi connectivity index (χ0n) is 25.5. The lowest BCUT2D eigenvalue weighted by molar-refractivity contribution is 0.409. The van der Waals surface area contributed by atoms with Crippen LogP contribution < -0.4 is 0 Å². The predicted octanol–water partition coefficient (Wildman–Crippen LogP) is 9.46. The van der Waals surface area contributed by atoms with Crippen LogP contribution in [0.2, 0.25) is 87.1 Å². The van der Waals surface area contributed by atoms with Gasteiger partial charge in [-0.3, -0.25) is 0 Å². The van der Waals surface area contributed by atoms with Crippen LogP contribution in [0, 0.1) is 0 Å². The Kier molecular flexibility index (Phi) is 8.53. The third-order valence-corrected chi connectivity index (χ3v) is 44.7. The molecule has 199 valence electrons. The zero-order valence-corrected chi connectivity index (χ0v) is 30.5. The van der Waals surface area contributed by atoms with Crippen molar-refractivity contribution in [3.8, 4) is 0 Å². The van der Waals surface area contributed by atoms with E-state index in [1.165, 1.54) is 24.0 Å². The van der Waals surface area contributed by atoms with E-state index < -0.39 is 41.3 Å². The van der Waals surface area contributed by atoms with Gasteiger partial charge in [-0.1, -0.05) is 152 Å². The number of hydrogen-bond acceptors (Lipinski definition) is 1. The summed E-state index contributed by atoms with van der Waals surface area (Å²) >= 11 is 0. The first kappa shape index (κ1) is 30.0. The standard InChI is InChI=1S/C30H54NSi5/c1-33(2,3)29(34(4,5)6)23-24-30(35(7,8)9,36(10,11)12)32(29)31(25-27-19-15-13-16-20-27)26-28-21-17-14-18-22-28/h13-22H,23-26H2,1-12H3. The molecular formula is C30H54NSi5. The summed E-state index contributed by atoms with van der Waals surface area (Å²) < 4.78 is 4.33. The Labute approximate surface area is 229 Å². The maximum absolute atomic E-state index is 3.15. The minimum absolute atomic E-state index is 0.592. The highest BCUT2D eigenvalue weighted by atomic mass is 28.5. The van der Waals surface area contributed by atoms with Crippen LogP contribution in [0.5, 0.6) is 0 Å². The van der Waals surface area contributed by atoms with Gasteiger partial charge in [0.15, 0.2) is 0 Å². The fraction of sp³-hybridized carbons (Fsp3) is 0.600. The van der Waals surface area contributed by atoms with E-state index >= 15 is 0 Å². The van der Waals surface area contributed by atoms with Crippen molar-refractivity contribution in [3.05, 3.63) is 71.8 Å². The molecule has 1 nitrogen and oxygen atoms in total. The van der Waals surface area contributed by atoms with Gasteiger partial charge in [0.05, 0.1) is 0 Å². The van der Waals surface area contributed by atoms with Crippen LogP contribution in [0.25, 0.3) is 0 Å². The Bertz CT molecular complexity index is 885. The first-order valence-electron chi connectivity index (χ1n) is 14.1. The molecule has 2 aromatic rings. The molecule has 1 fully saturated rings. The highest BCUT2D eigenvalue weighted by Crippen LogP contribution is 2.71. The maximum atomic E-state index is 3.15. The van der Waals surface area contributed by atoms with E-state index in [4.69, 9.17) is 0 Å². The van der Waals surface area contributed by atoms with Crippen molar-refractivity contribution in [2.75, 3.05) is 0 Å². The first-order chi connectivity index (χ1) is 16.4. The van der Waals surface area contributed by atoms with Crippen LogP contribution in [0.1, 0.15) is 24.0 Å². The number of nitrogens with zero attached hydrogens (tertiary/aromatic N) is 1. The molecule has 1 aliphatic heterocycles. The molecule has 0 unspecified atom stereocenters. The van der Waals surface area contributed by atoms with Crippen LogP contribution in [-0.4, -0.2) is 45.8 Å². The largest absolute Gasteiger partial charge is 0.316 e. The molecule has 0 amide bonds. The lowest BCUT2D eigenvalue weighted by Gasteiger charge is -2.62. The van der Waals surface area contributed by atoms with Gasteiger partial charge in [0.2, 0.25) is 0 Å². The average Bonchev–Trinajstić information content (AvgIpc) is 3.14. The summed E-state index contributed by atoms with van der Waals surface area (Å²) in [5, 5.41) is 0. The van der Waals surface area contributed by atoms with Gasteiger partial charge in [-0.05, 0) is 19.7 Å². The van der Waals surface area contributed by atoms with Gasteiger partial charge < -0.3 is 4.57 Å². The molecule has 0 aliphatic carbocycles. The summed E-state index contributed by atoms with van der Waals surface area (Å²) in [4.78, 5) is 0. The van der Waals surface area contributed by atoms with Gasteiger partial charge in [-0.2, -0.15) is 0 Å². The molecule has 1 aliphatic rings.